The van der Waals surface area contributed by atoms with Crippen molar-refractivity contribution in [2.45, 2.75) is 46.0 Å². The highest BCUT2D eigenvalue weighted by molar-refractivity contribution is 7.14. The maximum atomic E-state index is 11.8. The lowest BCUT2D eigenvalue weighted by Crippen LogP contribution is -2.13. The molecule has 0 saturated carbocycles. The Morgan fingerprint density at radius 3 is 2.57 bits per heavy atom. The molecule has 0 spiro atoms. The first-order valence-electron chi connectivity index (χ1n) is 9.64. The summed E-state index contributed by atoms with van der Waals surface area (Å²) in [6, 6.07) is 7.75. The summed E-state index contributed by atoms with van der Waals surface area (Å²) in [5, 5.41) is 9.15. The monoisotopic (exact) mass is 403 g/mol. The third kappa shape index (κ3) is 7.68. The van der Waals surface area contributed by atoms with Crippen molar-refractivity contribution in [1.29, 1.82) is 0 Å². The van der Waals surface area contributed by atoms with E-state index in [0.29, 0.717) is 18.8 Å². The molecule has 1 amide bonds. The molecule has 1 aromatic carbocycles. The van der Waals surface area contributed by atoms with Gasteiger partial charge in [0.25, 0.3) is 0 Å². The number of thiazole rings is 1. The number of methoxy groups -OCH3 is 1. The van der Waals surface area contributed by atoms with E-state index in [1.54, 1.807) is 11.3 Å². The van der Waals surface area contributed by atoms with Gasteiger partial charge < -0.3 is 15.4 Å². The van der Waals surface area contributed by atoms with Gasteiger partial charge >= 0.3 is 5.97 Å². The highest BCUT2D eigenvalue weighted by atomic mass is 32.1. The largest absolute Gasteiger partial charge is 0.469 e. The summed E-state index contributed by atoms with van der Waals surface area (Å²) < 4.78 is 4.63. The zero-order chi connectivity index (χ0) is 20.4. The fraction of sp³-hybridized carbons (Fsp3) is 0.476. The summed E-state index contributed by atoms with van der Waals surface area (Å²) in [4.78, 5) is 27.5. The lowest BCUT2D eigenvalue weighted by molar-refractivity contribution is -0.140. The van der Waals surface area contributed by atoms with Crippen molar-refractivity contribution in [3.63, 3.8) is 0 Å². The molecular formula is C21H29N3O3S. The summed E-state index contributed by atoms with van der Waals surface area (Å²) in [7, 11) is 1.42. The normalized spacial score (nSPS) is 10.7. The number of carbonyl (C=O) groups excluding carboxylic acids is 2. The molecule has 0 fully saturated rings. The van der Waals surface area contributed by atoms with Crippen LogP contribution in [0.2, 0.25) is 0 Å². The van der Waals surface area contributed by atoms with E-state index in [-0.39, 0.29) is 11.9 Å². The van der Waals surface area contributed by atoms with Crippen LogP contribution >= 0.6 is 11.3 Å². The Hall–Kier alpha value is -2.41. The standard InChI is InChI=1S/C21H29N3O3S/c1-15(2)13-19(25)23-17-10-8-16(9-11-17)18-14-28-21(24-18)22-12-6-4-5-7-20(26)27-3/h8-11,14-15H,4-7,12-13H2,1-3H3,(H,22,24)(H,23,25). The van der Waals surface area contributed by atoms with Crippen molar-refractivity contribution >= 4 is 34.0 Å². The van der Waals surface area contributed by atoms with Gasteiger partial charge in [0.1, 0.15) is 0 Å². The minimum atomic E-state index is -0.150. The van der Waals surface area contributed by atoms with Gasteiger partial charge in [-0.25, -0.2) is 4.98 Å². The zero-order valence-corrected chi connectivity index (χ0v) is 17.6. The van der Waals surface area contributed by atoms with Crippen LogP contribution < -0.4 is 10.6 Å². The number of anilines is 2. The molecule has 0 bridgehead atoms. The van der Waals surface area contributed by atoms with E-state index >= 15 is 0 Å². The second kappa shape index (κ2) is 11.4. The summed E-state index contributed by atoms with van der Waals surface area (Å²) in [5.74, 6) is 0.227. The van der Waals surface area contributed by atoms with Gasteiger partial charge in [-0.2, -0.15) is 0 Å². The number of amides is 1. The van der Waals surface area contributed by atoms with Gasteiger partial charge in [-0.05, 0) is 30.9 Å². The molecule has 1 aromatic heterocycles. The third-order valence-corrected chi connectivity index (χ3v) is 4.92. The van der Waals surface area contributed by atoms with Crippen LogP contribution in [0.3, 0.4) is 0 Å². The fourth-order valence-corrected chi connectivity index (χ4v) is 3.41. The quantitative estimate of drug-likeness (QED) is 0.410. The van der Waals surface area contributed by atoms with Gasteiger partial charge in [-0.3, -0.25) is 9.59 Å². The highest BCUT2D eigenvalue weighted by Gasteiger charge is 2.07. The lowest BCUT2D eigenvalue weighted by atomic mass is 10.1. The van der Waals surface area contributed by atoms with Crippen molar-refractivity contribution in [3.05, 3.63) is 29.6 Å². The topological polar surface area (TPSA) is 80.3 Å². The molecule has 152 valence electrons. The van der Waals surface area contributed by atoms with Crippen LogP contribution in [0.1, 0.15) is 46.0 Å². The Balaban J connectivity index is 1.77. The van der Waals surface area contributed by atoms with Crippen LogP contribution in [0.5, 0.6) is 0 Å². The highest BCUT2D eigenvalue weighted by Crippen LogP contribution is 2.26. The number of unbranched alkanes of at least 4 members (excludes halogenated alkanes) is 2. The Labute approximate surface area is 170 Å². The maximum Gasteiger partial charge on any atom is 0.305 e. The third-order valence-electron chi connectivity index (χ3n) is 4.12. The minimum Gasteiger partial charge on any atom is -0.469 e. The minimum absolute atomic E-state index is 0.0366. The van der Waals surface area contributed by atoms with Crippen LogP contribution in [-0.4, -0.2) is 30.5 Å². The van der Waals surface area contributed by atoms with Crippen molar-refractivity contribution in [2.75, 3.05) is 24.3 Å². The van der Waals surface area contributed by atoms with Gasteiger partial charge in [0, 0.05) is 36.0 Å². The number of aromatic nitrogens is 1. The molecule has 0 aliphatic rings. The molecule has 2 N–H and O–H groups in total. The summed E-state index contributed by atoms with van der Waals surface area (Å²) in [6.07, 6.45) is 3.80. The summed E-state index contributed by atoms with van der Waals surface area (Å²) >= 11 is 1.57. The molecule has 0 saturated heterocycles. The number of nitrogens with zero attached hydrogens (tertiary/aromatic N) is 1. The molecule has 0 radical (unpaired) electrons. The van der Waals surface area contributed by atoms with E-state index < -0.39 is 0 Å². The SMILES string of the molecule is COC(=O)CCCCCNc1nc(-c2ccc(NC(=O)CC(C)C)cc2)cs1. The van der Waals surface area contributed by atoms with Gasteiger partial charge in [-0.1, -0.05) is 32.4 Å². The first kappa shape index (κ1) is 21.9. The molecule has 7 heteroatoms. The zero-order valence-electron chi connectivity index (χ0n) is 16.8. The Bertz CT molecular complexity index is 757. The molecule has 1 heterocycles. The van der Waals surface area contributed by atoms with Crippen molar-refractivity contribution in [2.24, 2.45) is 5.92 Å². The predicted octanol–water partition coefficient (Wildman–Crippen LogP) is 4.94. The van der Waals surface area contributed by atoms with E-state index in [0.717, 1.165) is 47.9 Å². The van der Waals surface area contributed by atoms with E-state index in [4.69, 9.17) is 0 Å². The van der Waals surface area contributed by atoms with E-state index in [9.17, 15) is 9.59 Å². The molecule has 0 atom stereocenters. The van der Waals surface area contributed by atoms with Crippen LogP contribution in [0, 0.1) is 5.92 Å². The van der Waals surface area contributed by atoms with Crippen LogP contribution in [0.25, 0.3) is 11.3 Å². The summed E-state index contributed by atoms with van der Waals surface area (Å²) in [5.41, 5.74) is 2.73. The number of ether oxygens (including phenoxy) is 1. The second-order valence-corrected chi connectivity index (χ2v) is 7.93. The fourth-order valence-electron chi connectivity index (χ4n) is 2.66. The average molecular weight is 404 g/mol. The molecule has 2 aromatic rings. The first-order chi connectivity index (χ1) is 13.5. The Morgan fingerprint density at radius 2 is 1.89 bits per heavy atom. The lowest BCUT2D eigenvalue weighted by Gasteiger charge is -2.07. The van der Waals surface area contributed by atoms with Crippen LogP contribution in [0.4, 0.5) is 10.8 Å². The molecular weight excluding hydrogens is 374 g/mol. The molecule has 0 unspecified atom stereocenters. The number of carbonyl (C=O) groups is 2. The number of benzene rings is 1. The molecule has 0 aliphatic carbocycles. The van der Waals surface area contributed by atoms with Gasteiger partial charge in [0.05, 0.1) is 12.8 Å². The number of esters is 1. The molecule has 0 aliphatic heterocycles. The summed E-state index contributed by atoms with van der Waals surface area (Å²) in [6.45, 7) is 4.88. The average Bonchev–Trinajstić information content (AvgIpc) is 3.13. The van der Waals surface area contributed by atoms with Crippen molar-refractivity contribution in [3.8, 4) is 11.3 Å². The van der Waals surface area contributed by atoms with Crippen molar-refractivity contribution in [1.82, 2.24) is 4.98 Å². The molecule has 2 rings (SSSR count). The number of hydrogen-bond acceptors (Lipinski definition) is 6. The van der Waals surface area contributed by atoms with Crippen molar-refractivity contribution < 1.29 is 14.3 Å². The van der Waals surface area contributed by atoms with Gasteiger partial charge in [0.15, 0.2) is 5.13 Å². The maximum absolute atomic E-state index is 11.8. The van der Waals surface area contributed by atoms with E-state index in [2.05, 4.69) is 20.4 Å². The Kier molecular flexibility index (Phi) is 8.94. The smallest absolute Gasteiger partial charge is 0.305 e. The van der Waals surface area contributed by atoms with Gasteiger partial charge in [-0.15, -0.1) is 11.3 Å². The first-order valence-corrected chi connectivity index (χ1v) is 10.5. The second-order valence-electron chi connectivity index (χ2n) is 7.07. The molecule has 6 nitrogen and oxygen atoms in total. The number of nitrogens with one attached hydrogen (secondary N) is 2. The van der Waals surface area contributed by atoms with Crippen LogP contribution in [-0.2, 0) is 14.3 Å². The number of hydrogen-bond donors (Lipinski definition) is 2. The van der Waals surface area contributed by atoms with Gasteiger partial charge in [0.2, 0.25) is 5.91 Å². The van der Waals surface area contributed by atoms with Crippen LogP contribution in [0.15, 0.2) is 29.6 Å². The molecule has 28 heavy (non-hydrogen) atoms. The Morgan fingerprint density at radius 1 is 1.14 bits per heavy atom. The van der Waals surface area contributed by atoms with E-state index in [1.165, 1.54) is 7.11 Å². The number of rotatable bonds is 11. The van der Waals surface area contributed by atoms with E-state index in [1.807, 2.05) is 43.5 Å². The predicted molar refractivity (Wildman–Crippen MR) is 115 cm³/mol.